The van der Waals surface area contributed by atoms with E-state index in [0.717, 1.165) is 37.9 Å². The fourth-order valence-electron chi connectivity index (χ4n) is 3.22. The Kier molecular flexibility index (Phi) is 7.34. The predicted octanol–water partition coefficient (Wildman–Crippen LogP) is 4.12. The van der Waals surface area contributed by atoms with Crippen LogP contribution < -0.4 is 0 Å². The summed E-state index contributed by atoms with van der Waals surface area (Å²) in [5.74, 6) is -0.752. The molecule has 0 radical (unpaired) electrons. The number of hydrogen-bond acceptors (Lipinski definition) is 4. The van der Waals surface area contributed by atoms with Crippen molar-refractivity contribution in [3.63, 3.8) is 0 Å². The van der Waals surface area contributed by atoms with Gasteiger partial charge in [-0.1, -0.05) is 41.4 Å². The fourth-order valence-corrected chi connectivity index (χ4v) is 3.71. The first-order valence-electron chi connectivity index (χ1n) is 9.54. The molecule has 0 N–H and O–H groups in total. The average molecular weight is 436 g/mol. The molecule has 1 saturated heterocycles. The lowest BCUT2D eigenvalue weighted by Crippen LogP contribution is -2.38. The second-order valence-electron chi connectivity index (χ2n) is 6.92. The molecule has 1 aromatic carbocycles. The summed E-state index contributed by atoms with van der Waals surface area (Å²) in [6.45, 7) is 3.43. The Morgan fingerprint density at radius 2 is 1.90 bits per heavy atom. The third kappa shape index (κ3) is 5.61. The highest BCUT2D eigenvalue weighted by Crippen LogP contribution is 2.24. The van der Waals surface area contributed by atoms with Gasteiger partial charge in [0.15, 0.2) is 6.61 Å². The minimum Gasteiger partial charge on any atom is -0.452 e. The third-order valence-corrected chi connectivity index (χ3v) is 5.59. The van der Waals surface area contributed by atoms with Crippen molar-refractivity contribution in [1.82, 2.24) is 14.7 Å². The van der Waals surface area contributed by atoms with Crippen LogP contribution in [0.4, 0.5) is 0 Å². The van der Waals surface area contributed by atoms with Gasteiger partial charge >= 0.3 is 5.97 Å². The number of ether oxygens (including phenoxy) is 1. The molecule has 2 aromatic rings. The van der Waals surface area contributed by atoms with Gasteiger partial charge in [0.25, 0.3) is 5.91 Å². The molecule has 0 atom stereocenters. The van der Waals surface area contributed by atoms with E-state index in [1.165, 1.54) is 6.08 Å². The standard InChI is InChI=1S/C21H23Cl2N3O3/c1-15-17(21(23)26(24-15)13-16-7-3-4-8-18(16)22)9-10-20(28)29-14-19(27)25-11-5-2-6-12-25/h3-4,7-10H,2,5-6,11-14H2,1H3/b10-9+. The zero-order valence-corrected chi connectivity index (χ0v) is 17.7. The molecule has 0 bridgehead atoms. The number of piperidine rings is 1. The van der Waals surface area contributed by atoms with Gasteiger partial charge in [0.05, 0.1) is 12.2 Å². The van der Waals surface area contributed by atoms with Gasteiger partial charge in [0.2, 0.25) is 0 Å². The molecule has 29 heavy (non-hydrogen) atoms. The number of rotatable bonds is 6. The Labute approximate surface area is 180 Å². The summed E-state index contributed by atoms with van der Waals surface area (Å²) in [5.41, 5.74) is 2.19. The van der Waals surface area contributed by atoms with Gasteiger partial charge in [0.1, 0.15) is 5.15 Å². The summed E-state index contributed by atoms with van der Waals surface area (Å²) < 4.78 is 6.70. The van der Waals surface area contributed by atoms with Gasteiger partial charge in [-0.2, -0.15) is 5.10 Å². The van der Waals surface area contributed by atoms with Gasteiger partial charge in [-0.25, -0.2) is 9.48 Å². The molecule has 1 fully saturated rings. The third-order valence-electron chi connectivity index (χ3n) is 4.82. The van der Waals surface area contributed by atoms with Gasteiger partial charge in [-0.3, -0.25) is 4.79 Å². The number of halogens is 2. The molecule has 1 aliphatic heterocycles. The molecule has 1 aromatic heterocycles. The number of aryl methyl sites for hydroxylation is 1. The van der Waals surface area contributed by atoms with E-state index in [1.807, 2.05) is 24.3 Å². The number of nitrogens with zero attached hydrogens (tertiary/aromatic N) is 3. The number of carbonyl (C=O) groups is 2. The minimum absolute atomic E-state index is 0.159. The van der Waals surface area contributed by atoms with E-state index >= 15 is 0 Å². The maximum absolute atomic E-state index is 12.1. The second-order valence-corrected chi connectivity index (χ2v) is 7.69. The van der Waals surface area contributed by atoms with Gasteiger partial charge in [-0.15, -0.1) is 0 Å². The SMILES string of the molecule is Cc1nn(Cc2ccccc2Cl)c(Cl)c1/C=C/C(=O)OCC(=O)N1CCCCC1. The van der Waals surface area contributed by atoms with Crippen molar-refractivity contribution in [2.75, 3.05) is 19.7 Å². The van der Waals surface area contributed by atoms with Crippen molar-refractivity contribution in [2.45, 2.75) is 32.7 Å². The van der Waals surface area contributed by atoms with E-state index in [2.05, 4.69) is 5.10 Å². The minimum atomic E-state index is -0.593. The number of amides is 1. The van der Waals surface area contributed by atoms with Crippen molar-refractivity contribution in [3.05, 3.63) is 57.3 Å². The summed E-state index contributed by atoms with van der Waals surface area (Å²) in [5, 5.41) is 5.46. The van der Waals surface area contributed by atoms with Crippen molar-refractivity contribution >= 4 is 41.2 Å². The van der Waals surface area contributed by atoms with Crippen LogP contribution >= 0.6 is 23.2 Å². The highest BCUT2D eigenvalue weighted by atomic mass is 35.5. The van der Waals surface area contributed by atoms with Crippen LogP contribution in [0.15, 0.2) is 30.3 Å². The molecule has 1 aliphatic rings. The number of aromatic nitrogens is 2. The van der Waals surface area contributed by atoms with E-state index in [0.29, 0.717) is 28.0 Å². The van der Waals surface area contributed by atoms with Crippen molar-refractivity contribution in [2.24, 2.45) is 0 Å². The van der Waals surface area contributed by atoms with Crippen LogP contribution in [0.25, 0.3) is 6.08 Å². The Morgan fingerprint density at radius 1 is 1.17 bits per heavy atom. The average Bonchev–Trinajstić information content (AvgIpc) is 2.99. The first-order valence-corrected chi connectivity index (χ1v) is 10.3. The summed E-state index contributed by atoms with van der Waals surface area (Å²) in [6.07, 6.45) is 5.95. The number of esters is 1. The molecular weight excluding hydrogens is 413 g/mol. The smallest absolute Gasteiger partial charge is 0.331 e. The molecule has 0 aliphatic carbocycles. The van der Waals surface area contributed by atoms with Crippen LogP contribution in [0.3, 0.4) is 0 Å². The topological polar surface area (TPSA) is 64.4 Å². The van der Waals surface area contributed by atoms with Gasteiger partial charge < -0.3 is 9.64 Å². The highest BCUT2D eigenvalue weighted by molar-refractivity contribution is 6.32. The van der Waals surface area contributed by atoms with E-state index in [1.54, 1.807) is 22.6 Å². The lowest BCUT2D eigenvalue weighted by molar-refractivity contribution is -0.148. The monoisotopic (exact) mass is 435 g/mol. The predicted molar refractivity (Wildman–Crippen MR) is 113 cm³/mol. The molecule has 0 saturated carbocycles. The Bertz CT molecular complexity index is 918. The molecule has 3 rings (SSSR count). The summed E-state index contributed by atoms with van der Waals surface area (Å²) in [6, 6.07) is 7.47. The van der Waals surface area contributed by atoms with Crippen LogP contribution in [0.2, 0.25) is 10.2 Å². The number of hydrogen-bond donors (Lipinski definition) is 0. The van der Waals surface area contributed by atoms with E-state index < -0.39 is 5.97 Å². The van der Waals surface area contributed by atoms with Crippen molar-refractivity contribution in [3.8, 4) is 0 Å². The zero-order valence-electron chi connectivity index (χ0n) is 16.2. The normalized spacial score (nSPS) is 14.4. The molecule has 8 heteroatoms. The number of likely N-dealkylation sites (tertiary alicyclic amines) is 1. The van der Waals surface area contributed by atoms with Crippen LogP contribution in [-0.2, 0) is 20.9 Å². The van der Waals surface area contributed by atoms with Crippen LogP contribution in [-0.4, -0.2) is 46.3 Å². The molecular formula is C21H23Cl2N3O3. The summed E-state index contributed by atoms with van der Waals surface area (Å²) >= 11 is 12.6. The Morgan fingerprint density at radius 3 is 2.62 bits per heavy atom. The highest BCUT2D eigenvalue weighted by Gasteiger charge is 2.18. The lowest BCUT2D eigenvalue weighted by Gasteiger charge is -2.26. The molecule has 0 spiro atoms. The first kappa shape index (κ1) is 21.4. The second kappa shape index (κ2) is 9.94. The Hall–Kier alpha value is -2.31. The Balaban J connectivity index is 1.60. The van der Waals surface area contributed by atoms with Crippen LogP contribution in [0, 0.1) is 6.92 Å². The number of benzene rings is 1. The molecule has 154 valence electrons. The van der Waals surface area contributed by atoms with E-state index in [9.17, 15) is 9.59 Å². The molecule has 6 nitrogen and oxygen atoms in total. The summed E-state index contributed by atoms with van der Waals surface area (Å²) in [7, 11) is 0. The van der Waals surface area contributed by atoms with Crippen LogP contribution in [0.1, 0.15) is 36.1 Å². The number of carbonyl (C=O) groups excluding carboxylic acids is 2. The maximum Gasteiger partial charge on any atom is 0.331 e. The van der Waals surface area contributed by atoms with E-state index in [-0.39, 0.29) is 12.5 Å². The van der Waals surface area contributed by atoms with Crippen LogP contribution in [0.5, 0.6) is 0 Å². The summed E-state index contributed by atoms with van der Waals surface area (Å²) in [4.78, 5) is 25.8. The molecule has 0 unspecified atom stereocenters. The fraction of sp³-hybridized carbons (Fsp3) is 0.381. The van der Waals surface area contributed by atoms with Crippen molar-refractivity contribution in [1.29, 1.82) is 0 Å². The molecule has 2 heterocycles. The first-order chi connectivity index (χ1) is 14.0. The maximum atomic E-state index is 12.1. The van der Waals surface area contributed by atoms with Gasteiger partial charge in [-0.05, 0) is 43.9 Å². The molecule has 1 amide bonds. The van der Waals surface area contributed by atoms with Gasteiger partial charge in [0, 0.05) is 29.8 Å². The van der Waals surface area contributed by atoms with Crippen molar-refractivity contribution < 1.29 is 14.3 Å². The quantitative estimate of drug-likeness (QED) is 0.505. The van der Waals surface area contributed by atoms with E-state index in [4.69, 9.17) is 27.9 Å². The zero-order chi connectivity index (χ0) is 20.8. The largest absolute Gasteiger partial charge is 0.452 e. The lowest BCUT2D eigenvalue weighted by atomic mass is 10.1.